The number of carbonyl (C=O) groups excluding carboxylic acids is 1. The summed E-state index contributed by atoms with van der Waals surface area (Å²) < 4.78 is 1.97. The molecule has 0 bridgehead atoms. The van der Waals surface area contributed by atoms with E-state index in [4.69, 9.17) is 0 Å². The molecule has 7 nitrogen and oxygen atoms in total. The van der Waals surface area contributed by atoms with Gasteiger partial charge in [0.2, 0.25) is 0 Å². The van der Waals surface area contributed by atoms with Crippen molar-refractivity contribution in [3.8, 4) is 0 Å². The first-order valence-electron chi connectivity index (χ1n) is 10.5. The zero-order valence-electron chi connectivity index (χ0n) is 17.1. The van der Waals surface area contributed by atoms with Crippen LogP contribution in [0.4, 0.5) is 0 Å². The van der Waals surface area contributed by atoms with Gasteiger partial charge < -0.3 is 9.88 Å². The maximum absolute atomic E-state index is 12.8. The minimum Gasteiger partial charge on any atom is -0.349 e. The molecule has 0 aliphatic carbocycles. The highest BCUT2D eigenvalue weighted by atomic mass is 32.1. The molecule has 4 aromatic rings. The molecule has 1 saturated heterocycles. The summed E-state index contributed by atoms with van der Waals surface area (Å²) in [6.45, 7) is 3.64. The number of amides is 1. The van der Waals surface area contributed by atoms with Crippen LogP contribution in [0.5, 0.6) is 0 Å². The molecule has 1 N–H and O–H groups in total. The molecule has 0 spiro atoms. The van der Waals surface area contributed by atoms with Gasteiger partial charge in [0.05, 0.1) is 18.4 Å². The lowest BCUT2D eigenvalue weighted by Gasteiger charge is -2.32. The van der Waals surface area contributed by atoms with Crippen LogP contribution in [0.25, 0.3) is 11.2 Å². The maximum atomic E-state index is 12.8. The van der Waals surface area contributed by atoms with Gasteiger partial charge in [-0.1, -0.05) is 12.1 Å². The van der Waals surface area contributed by atoms with Crippen molar-refractivity contribution in [2.24, 2.45) is 0 Å². The molecular weight excluding hydrogens is 408 g/mol. The van der Waals surface area contributed by atoms with Crippen molar-refractivity contribution in [1.29, 1.82) is 0 Å². The average molecular weight is 433 g/mol. The Hall–Kier alpha value is -3.10. The van der Waals surface area contributed by atoms with E-state index in [1.165, 1.54) is 4.88 Å². The van der Waals surface area contributed by atoms with Gasteiger partial charge in [-0.15, -0.1) is 11.3 Å². The summed E-state index contributed by atoms with van der Waals surface area (Å²) in [6, 6.07) is 10.2. The van der Waals surface area contributed by atoms with E-state index in [-0.39, 0.29) is 11.9 Å². The van der Waals surface area contributed by atoms with Gasteiger partial charge in [0, 0.05) is 49.1 Å². The molecule has 1 aliphatic heterocycles. The second-order valence-corrected chi connectivity index (χ2v) is 8.94. The summed E-state index contributed by atoms with van der Waals surface area (Å²) in [4.78, 5) is 29.7. The molecule has 5 heterocycles. The van der Waals surface area contributed by atoms with E-state index >= 15 is 0 Å². The minimum atomic E-state index is -0.0760. The Morgan fingerprint density at radius 1 is 1.13 bits per heavy atom. The van der Waals surface area contributed by atoms with Crippen molar-refractivity contribution in [3.63, 3.8) is 0 Å². The van der Waals surface area contributed by atoms with E-state index in [0.29, 0.717) is 12.1 Å². The topological polar surface area (TPSA) is 75.9 Å². The first kappa shape index (κ1) is 19.8. The van der Waals surface area contributed by atoms with Crippen molar-refractivity contribution in [2.45, 2.75) is 32.0 Å². The van der Waals surface area contributed by atoms with Crippen LogP contribution in [0.2, 0.25) is 0 Å². The number of hydrogen-bond donors (Lipinski definition) is 1. The second kappa shape index (κ2) is 8.95. The number of carbonyl (C=O) groups is 1. The molecule has 1 fully saturated rings. The molecule has 0 aromatic carbocycles. The highest BCUT2D eigenvalue weighted by Gasteiger charge is 2.22. The van der Waals surface area contributed by atoms with Crippen molar-refractivity contribution in [2.75, 3.05) is 13.1 Å². The Balaban J connectivity index is 1.19. The first-order chi connectivity index (χ1) is 15.2. The fourth-order valence-corrected chi connectivity index (χ4v) is 4.75. The lowest BCUT2D eigenvalue weighted by Crippen LogP contribution is -2.44. The average Bonchev–Trinajstić information content (AvgIpc) is 3.46. The standard InChI is InChI=1S/C23H24N6OS/c30-23(27-19-5-8-28(9-6-19)15-20-4-2-10-31-20)18-11-21-22(25-13-18)29(16-26-21)14-17-3-1-7-24-12-17/h1-4,7,10-13,16,19H,5-6,8-9,14-15H2,(H,27,30). The van der Waals surface area contributed by atoms with E-state index in [0.717, 1.165) is 49.2 Å². The number of pyridine rings is 2. The third-order valence-corrected chi connectivity index (χ3v) is 6.54. The molecule has 158 valence electrons. The number of nitrogens with zero attached hydrogens (tertiary/aromatic N) is 5. The van der Waals surface area contributed by atoms with Gasteiger partial charge in [0.15, 0.2) is 5.65 Å². The molecule has 31 heavy (non-hydrogen) atoms. The van der Waals surface area contributed by atoms with Gasteiger partial charge in [0.25, 0.3) is 5.91 Å². The van der Waals surface area contributed by atoms with Crippen LogP contribution in [0, 0.1) is 0 Å². The molecule has 5 rings (SSSR count). The number of hydrogen-bond acceptors (Lipinski definition) is 6. The molecule has 0 radical (unpaired) electrons. The highest BCUT2D eigenvalue weighted by molar-refractivity contribution is 7.09. The normalized spacial score (nSPS) is 15.4. The molecule has 8 heteroatoms. The van der Waals surface area contributed by atoms with E-state index in [1.807, 2.05) is 29.0 Å². The Kier molecular flexibility index (Phi) is 5.73. The summed E-state index contributed by atoms with van der Waals surface area (Å²) >= 11 is 1.80. The summed E-state index contributed by atoms with van der Waals surface area (Å²) in [7, 11) is 0. The lowest BCUT2D eigenvalue weighted by atomic mass is 10.0. The summed E-state index contributed by atoms with van der Waals surface area (Å²) in [6.07, 6.45) is 8.92. The number of nitrogens with one attached hydrogen (secondary N) is 1. The molecule has 4 aromatic heterocycles. The van der Waals surface area contributed by atoms with Gasteiger partial charge in [-0.3, -0.25) is 14.7 Å². The highest BCUT2D eigenvalue weighted by Crippen LogP contribution is 2.18. The monoisotopic (exact) mass is 432 g/mol. The number of imidazole rings is 1. The van der Waals surface area contributed by atoms with Crippen LogP contribution >= 0.6 is 11.3 Å². The van der Waals surface area contributed by atoms with Gasteiger partial charge in [-0.05, 0) is 42.0 Å². The number of aromatic nitrogens is 4. The Morgan fingerprint density at radius 3 is 2.81 bits per heavy atom. The van der Waals surface area contributed by atoms with E-state index in [1.54, 1.807) is 30.1 Å². The zero-order valence-corrected chi connectivity index (χ0v) is 18.0. The molecular formula is C23H24N6OS. The fourth-order valence-electron chi connectivity index (χ4n) is 4.00. The van der Waals surface area contributed by atoms with Crippen LogP contribution in [-0.4, -0.2) is 49.5 Å². The van der Waals surface area contributed by atoms with Gasteiger partial charge in [-0.2, -0.15) is 0 Å². The Labute approximate surface area is 184 Å². The van der Waals surface area contributed by atoms with Crippen molar-refractivity contribution < 1.29 is 4.79 Å². The Morgan fingerprint density at radius 2 is 2.03 bits per heavy atom. The number of likely N-dealkylation sites (tertiary alicyclic amines) is 1. The number of fused-ring (bicyclic) bond motifs is 1. The molecule has 0 atom stereocenters. The molecule has 0 unspecified atom stereocenters. The second-order valence-electron chi connectivity index (χ2n) is 7.90. The van der Waals surface area contributed by atoms with Gasteiger partial charge in [0.1, 0.15) is 5.52 Å². The van der Waals surface area contributed by atoms with Crippen LogP contribution in [0.1, 0.15) is 33.6 Å². The molecule has 0 saturated carbocycles. The summed E-state index contributed by atoms with van der Waals surface area (Å²) in [5.74, 6) is -0.0760. The number of piperidine rings is 1. The molecule has 1 aliphatic rings. The number of thiophene rings is 1. The van der Waals surface area contributed by atoms with Crippen LogP contribution in [-0.2, 0) is 13.1 Å². The summed E-state index contributed by atoms with van der Waals surface area (Å²) in [5, 5.41) is 5.30. The van der Waals surface area contributed by atoms with Crippen molar-refractivity contribution in [3.05, 3.63) is 76.6 Å². The number of rotatable bonds is 6. The van der Waals surface area contributed by atoms with Crippen LogP contribution in [0.3, 0.4) is 0 Å². The van der Waals surface area contributed by atoms with Gasteiger partial charge in [-0.25, -0.2) is 9.97 Å². The van der Waals surface area contributed by atoms with Crippen molar-refractivity contribution in [1.82, 2.24) is 29.7 Å². The third kappa shape index (κ3) is 4.65. The quantitative estimate of drug-likeness (QED) is 0.506. The van der Waals surface area contributed by atoms with E-state index in [2.05, 4.69) is 42.7 Å². The van der Waals surface area contributed by atoms with E-state index < -0.39 is 0 Å². The predicted octanol–water partition coefficient (Wildman–Crippen LogP) is 3.33. The van der Waals surface area contributed by atoms with Gasteiger partial charge >= 0.3 is 0 Å². The maximum Gasteiger partial charge on any atom is 0.253 e. The first-order valence-corrected chi connectivity index (χ1v) is 11.4. The summed E-state index contributed by atoms with van der Waals surface area (Å²) in [5.41, 5.74) is 3.13. The lowest BCUT2D eigenvalue weighted by molar-refractivity contribution is 0.0909. The van der Waals surface area contributed by atoms with Crippen LogP contribution < -0.4 is 5.32 Å². The smallest absolute Gasteiger partial charge is 0.253 e. The van der Waals surface area contributed by atoms with Crippen LogP contribution in [0.15, 0.2) is 60.6 Å². The van der Waals surface area contributed by atoms with Crippen molar-refractivity contribution >= 4 is 28.4 Å². The Bertz CT molecular complexity index is 1150. The molecule has 1 amide bonds. The predicted molar refractivity (Wildman–Crippen MR) is 121 cm³/mol. The minimum absolute atomic E-state index is 0.0760. The van der Waals surface area contributed by atoms with E-state index in [9.17, 15) is 4.79 Å². The SMILES string of the molecule is O=C(NC1CCN(Cc2cccs2)CC1)c1cnc2c(c1)ncn2Cc1cccnc1. The fraction of sp³-hybridized carbons (Fsp3) is 0.304. The third-order valence-electron chi connectivity index (χ3n) is 5.68. The largest absolute Gasteiger partial charge is 0.349 e. The zero-order chi connectivity index (χ0) is 21.0.